The van der Waals surface area contributed by atoms with Crippen LogP contribution in [0.3, 0.4) is 0 Å². The van der Waals surface area contributed by atoms with Gasteiger partial charge in [-0.1, -0.05) is 25.0 Å². The smallest absolute Gasteiger partial charge is 0.0193 e. The summed E-state index contributed by atoms with van der Waals surface area (Å²) >= 11 is 0. The van der Waals surface area contributed by atoms with Crippen LogP contribution in [0.4, 0.5) is 0 Å². The summed E-state index contributed by atoms with van der Waals surface area (Å²) in [7, 11) is 0. The maximum Gasteiger partial charge on any atom is 0.0193 e. The Morgan fingerprint density at radius 2 is 2.33 bits per heavy atom. The van der Waals surface area contributed by atoms with Crippen LogP contribution in [0.1, 0.15) is 39.0 Å². The highest BCUT2D eigenvalue weighted by atomic mass is 15.1. The standard InChI is InChI=1S/C13H24N2/c1-2-15-10-4-5-12(11-15)8-9-14-13-6-3-7-13/h5,13-14H,2-4,6-11H2,1H3. The van der Waals surface area contributed by atoms with Crippen molar-refractivity contribution >= 4 is 0 Å². The fraction of sp³-hybridized carbons (Fsp3) is 0.846. The second-order valence-corrected chi connectivity index (χ2v) is 4.85. The summed E-state index contributed by atoms with van der Waals surface area (Å²) in [6, 6.07) is 0.844. The van der Waals surface area contributed by atoms with Gasteiger partial charge in [0.2, 0.25) is 0 Å². The highest BCUT2D eigenvalue weighted by molar-refractivity contribution is 5.08. The molecule has 1 aliphatic heterocycles. The first-order valence-electron chi connectivity index (χ1n) is 6.52. The number of rotatable bonds is 5. The molecule has 0 unspecified atom stereocenters. The second kappa shape index (κ2) is 5.66. The normalized spacial score (nSPS) is 23.7. The van der Waals surface area contributed by atoms with Crippen molar-refractivity contribution in [3.05, 3.63) is 11.6 Å². The van der Waals surface area contributed by atoms with Gasteiger partial charge in [0.1, 0.15) is 0 Å². The molecule has 2 rings (SSSR count). The summed E-state index contributed by atoms with van der Waals surface area (Å²) in [5.41, 5.74) is 1.65. The molecule has 0 radical (unpaired) electrons. The molecule has 1 N–H and O–H groups in total. The molecule has 0 aromatic rings. The van der Waals surface area contributed by atoms with Gasteiger partial charge in [0.05, 0.1) is 0 Å². The number of hydrogen-bond donors (Lipinski definition) is 1. The summed E-state index contributed by atoms with van der Waals surface area (Å²) < 4.78 is 0. The molecule has 2 heteroatoms. The Labute approximate surface area is 93.7 Å². The van der Waals surface area contributed by atoms with E-state index >= 15 is 0 Å². The van der Waals surface area contributed by atoms with Crippen LogP contribution in [-0.4, -0.2) is 37.1 Å². The summed E-state index contributed by atoms with van der Waals surface area (Å²) in [5.74, 6) is 0. The molecule has 1 saturated carbocycles. The van der Waals surface area contributed by atoms with E-state index in [0.717, 1.165) is 6.04 Å². The monoisotopic (exact) mass is 208 g/mol. The molecule has 0 aromatic carbocycles. The summed E-state index contributed by atoms with van der Waals surface area (Å²) in [6.45, 7) is 7.12. The van der Waals surface area contributed by atoms with E-state index in [0.29, 0.717) is 0 Å². The first-order valence-corrected chi connectivity index (χ1v) is 6.52. The Morgan fingerprint density at radius 3 is 3.00 bits per heavy atom. The average Bonchev–Trinajstić information content (AvgIpc) is 2.22. The van der Waals surface area contributed by atoms with Crippen molar-refractivity contribution in [1.82, 2.24) is 10.2 Å². The molecule has 86 valence electrons. The average molecular weight is 208 g/mol. The lowest BCUT2D eigenvalue weighted by Crippen LogP contribution is -2.36. The molecule has 1 fully saturated rings. The molecule has 0 amide bonds. The van der Waals surface area contributed by atoms with Gasteiger partial charge >= 0.3 is 0 Å². The lowest BCUT2D eigenvalue weighted by molar-refractivity contribution is 0.298. The molecule has 0 bridgehead atoms. The van der Waals surface area contributed by atoms with E-state index < -0.39 is 0 Å². The van der Waals surface area contributed by atoms with Crippen LogP contribution in [0.5, 0.6) is 0 Å². The van der Waals surface area contributed by atoms with Crippen molar-refractivity contribution in [3.8, 4) is 0 Å². The van der Waals surface area contributed by atoms with E-state index in [4.69, 9.17) is 0 Å². The van der Waals surface area contributed by atoms with E-state index in [2.05, 4.69) is 23.2 Å². The number of nitrogens with zero attached hydrogens (tertiary/aromatic N) is 1. The van der Waals surface area contributed by atoms with E-state index in [1.807, 2.05) is 0 Å². The zero-order valence-corrected chi connectivity index (χ0v) is 9.97. The van der Waals surface area contributed by atoms with Gasteiger partial charge in [-0.2, -0.15) is 0 Å². The lowest BCUT2D eigenvalue weighted by atomic mass is 9.93. The molecule has 15 heavy (non-hydrogen) atoms. The maximum atomic E-state index is 3.64. The molecule has 1 heterocycles. The zero-order valence-electron chi connectivity index (χ0n) is 9.97. The number of hydrogen-bond acceptors (Lipinski definition) is 2. The minimum absolute atomic E-state index is 0.844. The third-order valence-electron chi connectivity index (χ3n) is 3.74. The van der Waals surface area contributed by atoms with Gasteiger partial charge in [-0.15, -0.1) is 0 Å². The summed E-state index contributed by atoms with van der Waals surface area (Å²) in [6.07, 6.45) is 9.21. The van der Waals surface area contributed by atoms with Gasteiger partial charge < -0.3 is 5.32 Å². The Kier molecular flexibility index (Phi) is 4.21. The molecule has 0 atom stereocenters. The number of likely N-dealkylation sites (N-methyl/N-ethyl adjacent to an activating group) is 1. The van der Waals surface area contributed by atoms with Gasteiger partial charge in [0, 0.05) is 19.1 Å². The molecule has 0 aromatic heterocycles. The Balaban J connectivity index is 1.63. The van der Waals surface area contributed by atoms with Gasteiger partial charge in [-0.25, -0.2) is 0 Å². The van der Waals surface area contributed by atoms with Crippen molar-refractivity contribution in [2.45, 2.75) is 45.1 Å². The van der Waals surface area contributed by atoms with E-state index in [1.54, 1.807) is 5.57 Å². The van der Waals surface area contributed by atoms with E-state index in [9.17, 15) is 0 Å². The first kappa shape index (κ1) is 11.2. The Bertz CT molecular complexity index is 219. The minimum atomic E-state index is 0.844. The SMILES string of the molecule is CCN1CCC=C(CCNC2CCC2)C1. The molecular formula is C13H24N2. The zero-order chi connectivity index (χ0) is 10.5. The fourth-order valence-corrected chi connectivity index (χ4v) is 2.38. The Morgan fingerprint density at radius 1 is 1.47 bits per heavy atom. The molecule has 0 saturated heterocycles. The maximum absolute atomic E-state index is 3.64. The van der Waals surface area contributed by atoms with Crippen molar-refractivity contribution in [2.75, 3.05) is 26.2 Å². The first-order chi connectivity index (χ1) is 7.38. The number of nitrogens with one attached hydrogen (secondary N) is 1. The van der Waals surface area contributed by atoms with E-state index in [1.165, 1.54) is 58.3 Å². The molecule has 1 aliphatic carbocycles. The van der Waals surface area contributed by atoms with Crippen LogP contribution in [0.15, 0.2) is 11.6 Å². The molecule has 2 aliphatic rings. The largest absolute Gasteiger partial charge is 0.314 e. The van der Waals surface area contributed by atoms with Crippen molar-refractivity contribution in [2.24, 2.45) is 0 Å². The van der Waals surface area contributed by atoms with Gasteiger partial charge in [-0.05, 0) is 38.8 Å². The van der Waals surface area contributed by atoms with Crippen LogP contribution < -0.4 is 5.32 Å². The quantitative estimate of drug-likeness (QED) is 0.697. The van der Waals surface area contributed by atoms with Crippen LogP contribution in [0, 0.1) is 0 Å². The highest BCUT2D eigenvalue weighted by Crippen LogP contribution is 2.18. The molecule has 0 spiro atoms. The predicted molar refractivity (Wildman–Crippen MR) is 65.1 cm³/mol. The highest BCUT2D eigenvalue weighted by Gasteiger charge is 2.16. The van der Waals surface area contributed by atoms with Gasteiger partial charge in [-0.3, -0.25) is 4.90 Å². The minimum Gasteiger partial charge on any atom is -0.314 e. The summed E-state index contributed by atoms with van der Waals surface area (Å²) in [4.78, 5) is 2.54. The van der Waals surface area contributed by atoms with Crippen molar-refractivity contribution in [1.29, 1.82) is 0 Å². The molecule has 2 nitrogen and oxygen atoms in total. The molecular weight excluding hydrogens is 184 g/mol. The van der Waals surface area contributed by atoms with Gasteiger partial charge in [0.15, 0.2) is 0 Å². The Hall–Kier alpha value is -0.340. The van der Waals surface area contributed by atoms with Crippen LogP contribution in [0.25, 0.3) is 0 Å². The topological polar surface area (TPSA) is 15.3 Å². The second-order valence-electron chi connectivity index (χ2n) is 4.85. The van der Waals surface area contributed by atoms with Crippen LogP contribution in [0.2, 0.25) is 0 Å². The lowest BCUT2D eigenvalue weighted by Gasteiger charge is -2.28. The third-order valence-corrected chi connectivity index (χ3v) is 3.74. The fourth-order valence-electron chi connectivity index (χ4n) is 2.38. The third kappa shape index (κ3) is 3.32. The van der Waals surface area contributed by atoms with E-state index in [-0.39, 0.29) is 0 Å². The van der Waals surface area contributed by atoms with Crippen molar-refractivity contribution < 1.29 is 0 Å². The summed E-state index contributed by atoms with van der Waals surface area (Å²) in [5, 5.41) is 3.64. The van der Waals surface area contributed by atoms with Crippen molar-refractivity contribution in [3.63, 3.8) is 0 Å². The van der Waals surface area contributed by atoms with Crippen LogP contribution >= 0.6 is 0 Å². The predicted octanol–water partition coefficient (Wildman–Crippen LogP) is 2.17. The van der Waals surface area contributed by atoms with Crippen LogP contribution in [-0.2, 0) is 0 Å². The van der Waals surface area contributed by atoms with Gasteiger partial charge in [0.25, 0.3) is 0 Å².